The molecule has 0 unspecified atom stereocenters. The van der Waals surface area contributed by atoms with E-state index < -0.39 is 0 Å². The number of ether oxygens (including phenoxy) is 2. The second-order valence-corrected chi connectivity index (χ2v) is 6.64. The number of carbonyl (C=O) groups excluding carboxylic acids is 1. The number of aromatic nitrogens is 2. The van der Waals surface area contributed by atoms with Gasteiger partial charge in [-0.15, -0.1) is 0 Å². The van der Waals surface area contributed by atoms with Gasteiger partial charge in [0.25, 0.3) is 5.91 Å². The Kier molecular flexibility index (Phi) is 5.55. The van der Waals surface area contributed by atoms with Crippen LogP contribution in [-0.2, 0) is 0 Å². The van der Waals surface area contributed by atoms with Gasteiger partial charge in [-0.05, 0) is 37.5 Å². The van der Waals surface area contributed by atoms with Crippen molar-refractivity contribution in [2.24, 2.45) is 5.92 Å². The zero-order chi connectivity index (χ0) is 18.5. The number of hydrogen-bond acceptors (Lipinski definition) is 6. The third-order valence-corrected chi connectivity index (χ3v) is 3.89. The van der Waals surface area contributed by atoms with E-state index in [1.54, 1.807) is 6.07 Å². The first-order valence-electron chi connectivity index (χ1n) is 8.82. The highest BCUT2D eigenvalue weighted by Gasteiger charge is 2.14. The Bertz CT molecular complexity index is 792. The first kappa shape index (κ1) is 18.0. The Morgan fingerprint density at radius 2 is 1.92 bits per heavy atom. The maximum Gasteiger partial charge on any atom is 0.270 e. The van der Waals surface area contributed by atoms with Gasteiger partial charge in [-0.25, -0.2) is 9.97 Å². The lowest BCUT2D eigenvalue weighted by atomic mass is 10.1. The second kappa shape index (κ2) is 8.03. The van der Waals surface area contributed by atoms with Crippen molar-refractivity contribution in [1.29, 1.82) is 0 Å². The fourth-order valence-electron chi connectivity index (χ4n) is 2.56. The van der Waals surface area contributed by atoms with E-state index >= 15 is 0 Å². The van der Waals surface area contributed by atoms with Crippen LogP contribution in [0.2, 0.25) is 0 Å². The van der Waals surface area contributed by atoms with Gasteiger partial charge in [-0.2, -0.15) is 0 Å². The molecule has 0 bridgehead atoms. The summed E-state index contributed by atoms with van der Waals surface area (Å²) < 4.78 is 11.1. The summed E-state index contributed by atoms with van der Waals surface area (Å²) in [6, 6.07) is 7.22. The van der Waals surface area contributed by atoms with E-state index in [2.05, 4.69) is 34.4 Å². The molecular weight excluding hydrogens is 332 g/mol. The number of benzene rings is 1. The molecule has 0 aliphatic carbocycles. The number of nitrogens with one attached hydrogen (secondary N) is 2. The summed E-state index contributed by atoms with van der Waals surface area (Å²) in [6.45, 7) is 7.78. The summed E-state index contributed by atoms with van der Waals surface area (Å²) in [6.07, 6.45) is 0.929. The molecule has 2 heterocycles. The zero-order valence-electron chi connectivity index (χ0n) is 15.3. The fraction of sp³-hybridized carbons (Fsp3) is 0.421. The van der Waals surface area contributed by atoms with Crippen LogP contribution in [0.1, 0.15) is 36.5 Å². The monoisotopic (exact) mass is 356 g/mol. The summed E-state index contributed by atoms with van der Waals surface area (Å²) in [5, 5.41) is 6.02. The van der Waals surface area contributed by atoms with Crippen LogP contribution < -0.4 is 20.1 Å². The molecule has 1 aromatic heterocycles. The molecule has 0 radical (unpaired) electrons. The number of fused-ring (bicyclic) bond motifs is 1. The van der Waals surface area contributed by atoms with Crippen molar-refractivity contribution in [2.75, 3.05) is 25.1 Å². The van der Waals surface area contributed by atoms with Gasteiger partial charge < -0.3 is 20.1 Å². The van der Waals surface area contributed by atoms with E-state index in [1.807, 2.05) is 25.1 Å². The highest BCUT2D eigenvalue weighted by Crippen LogP contribution is 2.33. The molecule has 0 spiro atoms. The van der Waals surface area contributed by atoms with E-state index in [0.29, 0.717) is 48.8 Å². The number of amides is 1. The largest absolute Gasteiger partial charge is 0.486 e. The average molecular weight is 356 g/mol. The summed E-state index contributed by atoms with van der Waals surface area (Å²) in [5.74, 6) is 2.12. The van der Waals surface area contributed by atoms with Crippen LogP contribution in [0.4, 0.5) is 11.6 Å². The predicted molar refractivity (Wildman–Crippen MR) is 99.3 cm³/mol. The molecule has 26 heavy (non-hydrogen) atoms. The summed E-state index contributed by atoms with van der Waals surface area (Å²) in [5.41, 5.74) is 1.83. The number of carbonyl (C=O) groups is 1. The van der Waals surface area contributed by atoms with Crippen LogP contribution >= 0.6 is 0 Å². The molecule has 7 nitrogen and oxygen atoms in total. The van der Waals surface area contributed by atoms with Crippen LogP contribution in [0.15, 0.2) is 24.3 Å². The van der Waals surface area contributed by atoms with Crippen LogP contribution in [-0.4, -0.2) is 35.6 Å². The van der Waals surface area contributed by atoms with E-state index in [9.17, 15) is 4.79 Å². The predicted octanol–water partition coefficient (Wildman–Crippen LogP) is 3.08. The van der Waals surface area contributed by atoms with Gasteiger partial charge in [0.05, 0.1) is 0 Å². The van der Waals surface area contributed by atoms with Gasteiger partial charge in [0, 0.05) is 24.0 Å². The standard InChI is InChI=1S/C19H24N4O3/c1-12(2)6-7-20-18(24)15-10-13(3)21-19(23-15)22-14-4-5-16-17(11-14)26-9-8-25-16/h4-5,10-12H,6-9H2,1-3H3,(H,20,24)(H,21,22,23). The van der Waals surface area contributed by atoms with E-state index in [-0.39, 0.29) is 5.91 Å². The van der Waals surface area contributed by atoms with Crippen LogP contribution in [0.25, 0.3) is 0 Å². The Hall–Kier alpha value is -2.83. The van der Waals surface area contributed by atoms with Crippen molar-refractivity contribution >= 4 is 17.5 Å². The summed E-state index contributed by atoms with van der Waals surface area (Å²) in [7, 11) is 0. The minimum absolute atomic E-state index is 0.193. The van der Waals surface area contributed by atoms with Crippen LogP contribution in [0.5, 0.6) is 11.5 Å². The highest BCUT2D eigenvalue weighted by molar-refractivity contribution is 5.92. The quantitative estimate of drug-likeness (QED) is 0.827. The Labute approximate surface area is 153 Å². The highest BCUT2D eigenvalue weighted by atomic mass is 16.6. The van der Waals surface area contributed by atoms with Crippen molar-refractivity contribution in [3.8, 4) is 11.5 Å². The molecule has 3 rings (SSSR count). The van der Waals surface area contributed by atoms with Gasteiger partial charge >= 0.3 is 0 Å². The van der Waals surface area contributed by atoms with Gasteiger partial charge in [0.15, 0.2) is 11.5 Å². The van der Waals surface area contributed by atoms with Crippen molar-refractivity contribution in [1.82, 2.24) is 15.3 Å². The normalized spacial score (nSPS) is 12.8. The third-order valence-electron chi connectivity index (χ3n) is 3.89. The lowest BCUT2D eigenvalue weighted by Gasteiger charge is -2.19. The Morgan fingerprint density at radius 1 is 1.15 bits per heavy atom. The van der Waals surface area contributed by atoms with Crippen LogP contribution in [0.3, 0.4) is 0 Å². The molecule has 0 fully saturated rings. The summed E-state index contributed by atoms with van der Waals surface area (Å²) in [4.78, 5) is 21.0. The lowest BCUT2D eigenvalue weighted by Crippen LogP contribution is -2.26. The maximum atomic E-state index is 12.3. The minimum atomic E-state index is -0.193. The number of nitrogens with zero attached hydrogens (tertiary/aromatic N) is 2. The second-order valence-electron chi connectivity index (χ2n) is 6.64. The molecule has 0 atom stereocenters. The molecule has 0 saturated carbocycles. The number of aryl methyl sites for hydroxylation is 1. The summed E-state index contributed by atoms with van der Waals surface area (Å²) >= 11 is 0. The maximum absolute atomic E-state index is 12.3. The average Bonchev–Trinajstić information content (AvgIpc) is 2.60. The van der Waals surface area contributed by atoms with Gasteiger partial charge in [0.2, 0.25) is 5.95 Å². The molecule has 1 aromatic carbocycles. The van der Waals surface area contributed by atoms with Crippen molar-refractivity contribution in [2.45, 2.75) is 27.2 Å². The van der Waals surface area contributed by atoms with E-state index in [1.165, 1.54) is 0 Å². The van der Waals surface area contributed by atoms with E-state index in [4.69, 9.17) is 9.47 Å². The third kappa shape index (κ3) is 4.62. The smallest absolute Gasteiger partial charge is 0.270 e. The zero-order valence-corrected chi connectivity index (χ0v) is 15.3. The molecule has 2 N–H and O–H groups in total. The van der Waals surface area contributed by atoms with Crippen LogP contribution in [0, 0.1) is 12.8 Å². The molecular formula is C19H24N4O3. The SMILES string of the molecule is Cc1cc(C(=O)NCCC(C)C)nc(Nc2ccc3c(c2)OCCO3)n1. The topological polar surface area (TPSA) is 85.4 Å². The lowest BCUT2D eigenvalue weighted by molar-refractivity contribution is 0.0947. The first-order valence-corrected chi connectivity index (χ1v) is 8.82. The van der Waals surface area contributed by atoms with Crippen molar-refractivity contribution < 1.29 is 14.3 Å². The van der Waals surface area contributed by atoms with Gasteiger partial charge in [-0.3, -0.25) is 4.79 Å². The Balaban J connectivity index is 1.72. The Morgan fingerprint density at radius 3 is 2.69 bits per heavy atom. The molecule has 1 aliphatic heterocycles. The van der Waals surface area contributed by atoms with Crippen molar-refractivity contribution in [3.63, 3.8) is 0 Å². The molecule has 2 aromatic rings. The van der Waals surface area contributed by atoms with Gasteiger partial charge in [0.1, 0.15) is 18.9 Å². The molecule has 138 valence electrons. The molecule has 0 saturated heterocycles. The number of hydrogen-bond donors (Lipinski definition) is 2. The number of rotatable bonds is 6. The number of anilines is 2. The minimum Gasteiger partial charge on any atom is -0.486 e. The molecule has 7 heteroatoms. The molecule has 1 aliphatic rings. The fourth-order valence-corrected chi connectivity index (χ4v) is 2.56. The van der Waals surface area contributed by atoms with Gasteiger partial charge in [-0.1, -0.05) is 13.8 Å². The van der Waals surface area contributed by atoms with E-state index in [0.717, 1.165) is 17.9 Å². The van der Waals surface area contributed by atoms with Crippen molar-refractivity contribution in [3.05, 3.63) is 35.7 Å². The first-order chi connectivity index (χ1) is 12.5. The molecule has 1 amide bonds.